The Labute approximate surface area is 102 Å². The Kier molecular flexibility index (Phi) is 4.91. The molecule has 0 radical (unpaired) electrons. The maximum Gasteiger partial charge on any atom is 0.338 e. The van der Waals surface area contributed by atoms with Crippen molar-refractivity contribution in [3.05, 3.63) is 0 Å². The molecule has 1 aliphatic heterocycles. The van der Waals surface area contributed by atoms with E-state index in [2.05, 4.69) is 4.74 Å². The lowest BCUT2D eigenvalue weighted by Crippen LogP contribution is -2.36. The van der Waals surface area contributed by atoms with Crippen LogP contribution < -0.4 is 0 Å². The van der Waals surface area contributed by atoms with Gasteiger partial charge in [0.05, 0.1) is 26.2 Å². The second-order valence-corrected chi connectivity index (χ2v) is 6.02. The van der Waals surface area contributed by atoms with Crippen LogP contribution in [-0.2, 0) is 24.0 Å². The fourth-order valence-corrected chi connectivity index (χ4v) is 3.12. The molecule has 1 rings (SSSR count). The lowest BCUT2D eigenvalue weighted by molar-refractivity contribution is -0.140. The summed E-state index contributed by atoms with van der Waals surface area (Å²) in [5.41, 5.74) is 0. The number of nitrogens with zero attached hydrogens (tertiary/aromatic N) is 1. The first-order chi connectivity index (χ1) is 7.86. The van der Waals surface area contributed by atoms with Gasteiger partial charge in [0.2, 0.25) is 0 Å². The van der Waals surface area contributed by atoms with Crippen molar-refractivity contribution in [2.75, 3.05) is 20.3 Å². The monoisotopic (exact) mass is 265 g/mol. The van der Waals surface area contributed by atoms with Crippen LogP contribution in [0.15, 0.2) is 0 Å². The average molecular weight is 265 g/mol. The Morgan fingerprint density at radius 2 is 2.18 bits per heavy atom. The molecule has 1 fully saturated rings. The van der Waals surface area contributed by atoms with Gasteiger partial charge in [-0.1, -0.05) is 13.8 Å². The molecule has 0 bridgehead atoms. The molecule has 1 heterocycles. The summed E-state index contributed by atoms with van der Waals surface area (Å²) in [5, 5.41) is 0. The highest BCUT2D eigenvalue weighted by Crippen LogP contribution is 2.24. The molecule has 0 aromatic carbocycles. The lowest BCUT2D eigenvalue weighted by Gasteiger charge is -2.21. The highest BCUT2D eigenvalue weighted by Gasteiger charge is 2.38. The Balaban J connectivity index is 2.64. The van der Waals surface area contributed by atoms with Crippen molar-refractivity contribution in [2.45, 2.75) is 32.7 Å². The normalized spacial score (nSPS) is 24.1. The summed E-state index contributed by atoms with van der Waals surface area (Å²) in [4.78, 5) is 11.0. The summed E-state index contributed by atoms with van der Waals surface area (Å²) in [6, 6.07) is -0.176. The minimum absolute atomic E-state index is 0.0493. The van der Waals surface area contributed by atoms with E-state index < -0.39 is 16.3 Å². The molecule has 0 saturated carbocycles. The summed E-state index contributed by atoms with van der Waals surface area (Å²) in [6.45, 7) is 4.32. The van der Waals surface area contributed by atoms with Gasteiger partial charge in [0.15, 0.2) is 0 Å². The topological polar surface area (TPSA) is 72.9 Å². The van der Waals surface area contributed by atoms with E-state index in [0.29, 0.717) is 5.92 Å². The molecule has 0 N–H and O–H groups in total. The first-order valence-electron chi connectivity index (χ1n) is 5.60. The molecule has 0 unspecified atom stereocenters. The number of methoxy groups -OCH3 is 1. The number of hydrogen-bond donors (Lipinski definition) is 0. The van der Waals surface area contributed by atoms with E-state index in [1.54, 1.807) is 0 Å². The van der Waals surface area contributed by atoms with Crippen LogP contribution in [0.1, 0.15) is 26.7 Å². The molecule has 0 spiro atoms. The first kappa shape index (κ1) is 14.4. The van der Waals surface area contributed by atoms with Gasteiger partial charge in [-0.05, 0) is 12.3 Å². The van der Waals surface area contributed by atoms with Crippen molar-refractivity contribution >= 4 is 16.3 Å². The number of ether oxygens (including phenoxy) is 1. The van der Waals surface area contributed by atoms with Crippen LogP contribution in [0.5, 0.6) is 0 Å². The van der Waals surface area contributed by atoms with E-state index in [0.717, 1.165) is 6.42 Å². The van der Waals surface area contributed by atoms with Gasteiger partial charge >= 0.3 is 16.3 Å². The minimum Gasteiger partial charge on any atom is -0.469 e. The maximum atomic E-state index is 11.6. The third-order valence-electron chi connectivity index (χ3n) is 2.61. The highest BCUT2D eigenvalue weighted by atomic mass is 32.2. The van der Waals surface area contributed by atoms with E-state index in [-0.39, 0.29) is 25.6 Å². The summed E-state index contributed by atoms with van der Waals surface area (Å²) in [5.74, 6) is -0.0482. The molecular formula is C10H19NO5S. The molecule has 1 aliphatic rings. The fourth-order valence-electron chi connectivity index (χ4n) is 1.83. The molecule has 0 aromatic rings. The van der Waals surface area contributed by atoms with Crippen molar-refractivity contribution in [1.29, 1.82) is 0 Å². The van der Waals surface area contributed by atoms with E-state index in [4.69, 9.17) is 4.18 Å². The quantitative estimate of drug-likeness (QED) is 0.678. The largest absolute Gasteiger partial charge is 0.469 e. The zero-order chi connectivity index (χ0) is 13.1. The van der Waals surface area contributed by atoms with Gasteiger partial charge in [-0.15, -0.1) is 0 Å². The minimum atomic E-state index is -3.66. The van der Waals surface area contributed by atoms with Crippen molar-refractivity contribution in [3.8, 4) is 0 Å². The Morgan fingerprint density at radius 1 is 1.53 bits per heavy atom. The molecule has 0 aromatic heterocycles. The summed E-state index contributed by atoms with van der Waals surface area (Å²) >= 11 is 0. The SMILES string of the molecule is COC(=O)CCN1[C@@H](CC(C)C)COS1(=O)=O. The molecule has 100 valence electrons. The standard InChI is InChI=1S/C10H19NO5S/c1-8(2)6-9-7-16-17(13,14)11(9)5-4-10(12)15-3/h8-9H,4-7H2,1-3H3/t9-/m0/s1. The van der Waals surface area contributed by atoms with Gasteiger partial charge in [-0.25, -0.2) is 0 Å². The Hall–Kier alpha value is -0.660. The summed E-state index contributed by atoms with van der Waals surface area (Å²) in [6.07, 6.45) is 0.772. The van der Waals surface area contributed by atoms with Crippen LogP contribution in [0.4, 0.5) is 0 Å². The van der Waals surface area contributed by atoms with E-state index in [1.807, 2.05) is 13.8 Å². The molecular weight excluding hydrogens is 246 g/mol. The van der Waals surface area contributed by atoms with Gasteiger partial charge in [0, 0.05) is 6.54 Å². The first-order valence-corrected chi connectivity index (χ1v) is 6.96. The van der Waals surface area contributed by atoms with Crippen molar-refractivity contribution in [3.63, 3.8) is 0 Å². The van der Waals surface area contributed by atoms with Gasteiger partial charge in [-0.3, -0.25) is 8.98 Å². The second kappa shape index (κ2) is 5.79. The van der Waals surface area contributed by atoms with Crippen molar-refractivity contribution < 1.29 is 22.1 Å². The van der Waals surface area contributed by atoms with Gasteiger partial charge in [0.25, 0.3) is 0 Å². The number of esters is 1. The smallest absolute Gasteiger partial charge is 0.338 e. The van der Waals surface area contributed by atoms with E-state index in [1.165, 1.54) is 11.4 Å². The maximum absolute atomic E-state index is 11.6. The fraction of sp³-hybridized carbons (Fsp3) is 0.900. The number of carbonyl (C=O) groups is 1. The van der Waals surface area contributed by atoms with Crippen LogP contribution in [0.25, 0.3) is 0 Å². The molecule has 1 saturated heterocycles. The van der Waals surface area contributed by atoms with Gasteiger partial charge in [-0.2, -0.15) is 12.7 Å². The van der Waals surface area contributed by atoms with Crippen molar-refractivity contribution in [2.24, 2.45) is 5.92 Å². The van der Waals surface area contributed by atoms with Crippen LogP contribution in [0.3, 0.4) is 0 Å². The zero-order valence-corrected chi connectivity index (χ0v) is 11.2. The molecule has 7 heteroatoms. The number of rotatable bonds is 5. The van der Waals surface area contributed by atoms with Crippen molar-refractivity contribution in [1.82, 2.24) is 4.31 Å². The predicted octanol–water partition coefficient (Wildman–Crippen LogP) is 0.541. The van der Waals surface area contributed by atoms with Crippen LogP contribution in [0, 0.1) is 5.92 Å². The molecule has 0 amide bonds. The summed E-state index contributed by atoms with van der Waals surface area (Å²) < 4.78 is 33.7. The van der Waals surface area contributed by atoms with Gasteiger partial charge < -0.3 is 4.74 Å². The number of hydrogen-bond acceptors (Lipinski definition) is 5. The zero-order valence-electron chi connectivity index (χ0n) is 10.4. The second-order valence-electron chi connectivity index (χ2n) is 4.46. The van der Waals surface area contributed by atoms with E-state index >= 15 is 0 Å². The Bertz CT molecular complexity index is 365. The molecule has 0 aliphatic carbocycles. The number of carbonyl (C=O) groups excluding carboxylic acids is 1. The van der Waals surface area contributed by atoms with Gasteiger partial charge in [0.1, 0.15) is 0 Å². The third-order valence-corrected chi connectivity index (χ3v) is 4.10. The summed E-state index contributed by atoms with van der Waals surface area (Å²) in [7, 11) is -2.38. The lowest BCUT2D eigenvalue weighted by atomic mass is 10.0. The van der Waals surface area contributed by atoms with Crippen LogP contribution >= 0.6 is 0 Å². The molecule has 1 atom stereocenters. The van der Waals surface area contributed by atoms with E-state index in [9.17, 15) is 13.2 Å². The molecule has 6 nitrogen and oxygen atoms in total. The molecule has 17 heavy (non-hydrogen) atoms. The average Bonchev–Trinajstić information content (AvgIpc) is 2.50. The third kappa shape index (κ3) is 3.93. The van der Waals surface area contributed by atoms with Crippen LogP contribution in [-0.4, -0.2) is 45.0 Å². The highest BCUT2D eigenvalue weighted by molar-refractivity contribution is 7.84. The van der Waals surface area contributed by atoms with Crippen LogP contribution in [0.2, 0.25) is 0 Å². The predicted molar refractivity (Wildman–Crippen MR) is 61.5 cm³/mol. The Morgan fingerprint density at radius 3 is 2.71 bits per heavy atom.